The molecule has 0 N–H and O–H groups in total. The molecule has 1 rings (SSSR count). The Balaban J connectivity index is 2.58. The Morgan fingerprint density at radius 2 is 2.05 bits per heavy atom. The molecule has 1 aromatic rings. The van der Waals surface area contributed by atoms with Gasteiger partial charge in [-0.15, -0.1) is 0 Å². The Morgan fingerprint density at radius 3 is 2.68 bits per heavy atom. The van der Waals surface area contributed by atoms with Crippen LogP contribution in [0, 0.1) is 6.92 Å². The van der Waals surface area contributed by atoms with Crippen molar-refractivity contribution in [2.75, 3.05) is 20.2 Å². The van der Waals surface area contributed by atoms with Crippen LogP contribution < -0.4 is 0 Å². The lowest BCUT2D eigenvalue weighted by Crippen LogP contribution is -2.36. The van der Waals surface area contributed by atoms with Crippen LogP contribution >= 0.6 is 15.9 Å². The number of hydrogen-bond acceptors (Lipinski definition) is 3. The number of carbonyl (C=O) groups is 2. The van der Waals surface area contributed by atoms with Crippen LogP contribution in [0.5, 0.6) is 0 Å². The third kappa shape index (κ3) is 4.67. The van der Waals surface area contributed by atoms with Crippen molar-refractivity contribution in [3.63, 3.8) is 0 Å². The average molecular weight is 328 g/mol. The molecule has 0 bridgehead atoms. The number of rotatable bonds is 4. The first kappa shape index (κ1) is 15.7. The van der Waals surface area contributed by atoms with E-state index in [2.05, 4.69) is 20.7 Å². The van der Waals surface area contributed by atoms with E-state index in [1.807, 2.05) is 25.1 Å². The predicted molar refractivity (Wildman–Crippen MR) is 76.9 cm³/mol. The molecule has 0 saturated heterocycles. The molecule has 1 amide bonds. The van der Waals surface area contributed by atoms with Gasteiger partial charge in [0.1, 0.15) is 0 Å². The molecule has 104 valence electrons. The first-order chi connectivity index (χ1) is 8.95. The fraction of sp³-hybridized carbons (Fsp3) is 0.429. The van der Waals surface area contributed by atoms with Gasteiger partial charge in [0.15, 0.2) is 0 Å². The van der Waals surface area contributed by atoms with E-state index >= 15 is 0 Å². The minimum Gasteiger partial charge on any atom is -0.459 e. The van der Waals surface area contributed by atoms with Crippen LogP contribution in [-0.2, 0) is 20.7 Å². The highest BCUT2D eigenvalue weighted by Crippen LogP contribution is 2.16. The minimum atomic E-state index is -0.795. The quantitative estimate of drug-likeness (QED) is 0.629. The second-order valence-corrected chi connectivity index (χ2v) is 5.18. The Morgan fingerprint density at radius 1 is 1.37 bits per heavy atom. The minimum absolute atomic E-state index is 0.211. The predicted octanol–water partition coefficient (Wildman–Crippen LogP) is 2.32. The molecule has 0 fully saturated rings. The van der Waals surface area contributed by atoms with E-state index in [0.717, 1.165) is 10.0 Å². The maximum Gasteiger partial charge on any atom is 0.396 e. The van der Waals surface area contributed by atoms with Crippen molar-refractivity contribution in [3.05, 3.63) is 33.8 Å². The first-order valence-electron chi connectivity index (χ1n) is 6.13. The number of aryl methyl sites for hydroxylation is 1. The molecule has 0 aliphatic heterocycles. The number of esters is 1. The van der Waals surface area contributed by atoms with Gasteiger partial charge in [-0.3, -0.25) is 4.79 Å². The van der Waals surface area contributed by atoms with Gasteiger partial charge in [-0.25, -0.2) is 4.79 Å². The summed E-state index contributed by atoms with van der Waals surface area (Å²) < 4.78 is 5.69. The Hall–Kier alpha value is -1.36. The van der Waals surface area contributed by atoms with Crippen molar-refractivity contribution < 1.29 is 14.3 Å². The maximum absolute atomic E-state index is 11.6. The molecule has 0 aliphatic carbocycles. The third-order valence-electron chi connectivity index (χ3n) is 2.82. The molecule has 4 nitrogen and oxygen atoms in total. The molecule has 0 spiro atoms. The van der Waals surface area contributed by atoms with E-state index < -0.39 is 11.9 Å². The molecule has 5 heteroatoms. The lowest BCUT2D eigenvalue weighted by molar-refractivity contribution is -0.159. The van der Waals surface area contributed by atoms with Gasteiger partial charge in [0.2, 0.25) is 0 Å². The molecule has 0 heterocycles. The van der Waals surface area contributed by atoms with Crippen molar-refractivity contribution in [1.29, 1.82) is 0 Å². The lowest BCUT2D eigenvalue weighted by atomic mass is 10.1. The van der Waals surface area contributed by atoms with Gasteiger partial charge >= 0.3 is 11.9 Å². The second kappa shape index (κ2) is 7.28. The summed E-state index contributed by atoms with van der Waals surface area (Å²) in [7, 11) is 1.60. The fourth-order valence-corrected chi connectivity index (χ4v) is 2.06. The maximum atomic E-state index is 11.6. The molecule has 0 aliphatic rings. The zero-order chi connectivity index (χ0) is 14.4. The molecule has 0 saturated carbocycles. The van der Waals surface area contributed by atoms with E-state index in [1.54, 1.807) is 14.0 Å². The number of amides is 1. The Bertz CT molecular complexity index is 474. The third-order valence-corrected chi connectivity index (χ3v) is 3.32. The number of benzene rings is 1. The molecule has 0 aromatic heterocycles. The van der Waals surface area contributed by atoms with Crippen LogP contribution in [0.2, 0.25) is 0 Å². The molecule has 0 atom stereocenters. The van der Waals surface area contributed by atoms with Crippen LogP contribution in [-0.4, -0.2) is 37.0 Å². The highest BCUT2D eigenvalue weighted by molar-refractivity contribution is 9.10. The SMILES string of the molecule is CCOC(=O)C(=O)N(C)CCc1cc(Br)ccc1C. The van der Waals surface area contributed by atoms with E-state index in [0.29, 0.717) is 13.0 Å². The van der Waals surface area contributed by atoms with Gasteiger partial charge in [0, 0.05) is 18.1 Å². The van der Waals surface area contributed by atoms with E-state index in [9.17, 15) is 9.59 Å². The second-order valence-electron chi connectivity index (χ2n) is 4.27. The smallest absolute Gasteiger partial charge is 0.396 e. The number of carbonyl (C=O) groups excluding carboxylic acids is 2. The van der Waals surface area contributed by atoms with Crippen LogP contribution in [0.4, 0.5) is 0 Å². The normalized spacial score (nSPS) is 10.1. The van der Waals surface area contributed by atoms with Crippen molar-refractivity contribution in [3.8, 4) is 0 Å². The van der Waals surface area contributed by atoms with Crippen LogP contribution in [0.25, 0.3) is 0 Å². The highest BCUT2D eigenvalue weighted by atomic mass is 79.9. The Labute approximate surface area is 121 Å². The van der Waals surface area contributed by atoms with Crippen LogP contribution in [0.1, 0.15) is 18.1 Å². The van der Waals surface area contributed by atoms with Crippen LogP contribution in [0.3, 0.4) is 0 Å². The summed E-state index contributed by atoms with van der Waals surface area (Å²) in [6.07, 6.45) is 0.701. The van der Waals surface area contributed by atoms with Gasteiger partial charge < -0.3 is 9.64 Å². The van der Waals surface area contributed by atoms with Gasteiger partial charge in [0.25, 0.3) is 0 Å². The molecular formula is C14H18BrNO3. The van der Waals surface area contributed by atoms with Gasteiger partial charge in [-0.2, -0.15) is 0 Å². The zero-order valence-electron chi connectivity index (χ0n) is 11.4. The van der Waals surface area contributed by atoms with E-state index in [4.69, 9.17) is 0 Å². The number of halogens is 1. The number of nitrogens with zero attached hydrogens (tertiary/aromatic N) is 1. The average Bonchev–Trinajstić information content (AvgIpc) is 2.38. The van der Waals surface area contributed by atoms with Crippen molar-refractivity contribution in [1.82, 2.24) is 4.90 Å². The number of ether oxygens (including phenoxy) is 1. The summed E-state index contributed by atoms with van der Waals surface area (Å²) in [6.45, 7) is 4.39. The number of hydrogen-bond donors (Lipinski definition) is 0. The lowest BCUT2D eigenvalue weighted by Gasteiger charge is -2.16. The Kier molecular flexibility index (Phi) is 6.02. The van der Waals surface area contributed by atoms with Gasteiger partial charge in [0.05, 0.1) is 6.61 Å². The first-order valence-corrected chi connectivity index (χ1v) is 6.92. The summed E-state index contributed by atoms with van der Waals surface area (Å²) in [5.74, 6) is -1.40. The largest absolute Gasteiger partial charge is 0.459 e. The van der Waals surface area contributed by atoms with Crippen LogP contribution in [0.15, 0.2) is 22.7 Å². The summed E-state index contributed by atoms with van der Waals surface area (Å²) >= 11 is 3.42. The van der Waals surface area contributed by atoms with Crippen molar-refractivity contribution >= 4 is 27.8 Å². The zero-order valence-corrected chi connectivity index (χ0v) is 13.0. The van der Waals surface area contributed by atoms with Gasteiger partial charge in [-0.1, -0.05) is 22.0 Å². The van der Waals surface area contributed by atoms with Gasteiger partial charge in [-0.05, 0) is 43.5 Å². The summed E-state index contributed by atoms with van der Waals surface area (Å²) in [5, 5.41) is 0. The van der Waals surface area contributed by atoms with Crippen molar-refractivity contribution in [2.24, 2.45) is 0 Å². The molecule has 1 aromatic carbocycles. The molecular weight excluding hydrogens is 310 g/mol. The van der Waals surface area contributed by atoms with Crippen molar-refractivity contribution in [2.45, 2.75) is 20.3 Å². The fourth-order valence-electron chi connectivity index (χ4n) is 1.65. The molecule has 0 unspecified atom stereocenters. The van der Waals surface area contributed by atoms with E-state index in [-0.39, 0.29) is 6.61 Å². The molecule has 19 heavy (non-hydrogen) atoms. The number of likely N-dealkylation sites (N-methyl/N-ethyl adjacent to an activating group) is 1. The highest BCUT2D eigenvalue weighted by Gasteiger charge is 2.19. The molecule has 0 radical (unpaired) electrons. The topological polar surface area (TPSA) is 46.6 Å². The summed E-state index contributed by atoms with van der Waals surface area (Å²) in [5.41, 5.74) is 2.32. The van der Waals surface area contributed by atoms with E-state index in [1.165, 1.54) is 10.5 Å². The summed E-state index contributed by atoms with van der Waals surface area (Å²) in [4.78, 5) is 24.3. The summed E-state index contributed by atoms with van der Waals surface area (Å²) in [6, 6.07) is 6.02. The standard InChI is InChI=1S/C14H18BrNO3/c1-4-19-14(18)13(17)16(3)8-7-11-9-12(15)6-5-10(11)2/h5-6,9H,4,7-8H2,1-3H3. The monoisotopic (exact) mass is 327 g/mol.